The van der Waals surface area contributed by atoms with Gasteiger partial charge in [0.1, 0.15) is 0 Å². The number of hydrogen-bond acceptors (Lipinski definition) is 3. The standard InChI is InChI=1S/C18H37N3/c1-5-20-9-10-21(13-16(20)4)18(14-19)8-6-7-17(12-18)11-15(2)3/h15-17H,5-14,19H2,1-4H3. The van der Waals surface area contributed by atoms with Gasteiger partial charge in [0, 0.05) is 37.8 Å². The Morgan fingerprint density at radius 1 is 1.29 bits per heavy atom. The minimum absolute atomic E-state index is 0.298. The maximum absolute atomic E-state index is 6.32. The summed E-state index contributed by atoms with van der Waals surface area (Å²) in [6.45, 7) is 15.1. The van der Waals surface area contributed by atoms with Crippen molar-refractivity contribution in [1.29, 1.82) is 0 Å². The summed E-state index contributed by atoms with van der Waals surface area (Å²) < 4.78 is 0. The van der Waals surface area contributed by atoms with Crippen molar-refractivity contribution in [3.05, 3.63) is 0 Å². The van der Waals surface area contributed by atoms with Gasteiger partial charge in [0.2, 0.25) is 0 Å². The molecule has 2 rings (SSSR count). The Kier molecular flexibility index (Phi) is 6.10. The summed E-state index contributed by atoms with van der Waals surface area (Å²) in [5, 5.41) is 0. The molecule has 1 saturated carbocycles. The summed E-state index contributed by atoms with van der Waals surface area (Å²) in [7, 11) is 0. The Balaban J connectivity index is 2.03. The second-order valence-corrected chi connectivity index (χ2v) is 7.94. The first-order chi connectivity index (χ1) is 10.0. The summed E-state index contributed by atoms with van der Waals surface area (Å²) in [5.74, 6) is 1.71. The van der Waals surface area contributed by atoms with E-state index in [1.165, 1.54) is 58.3 Å². The molecule has 3 heteroatoms. The third-order valence-corrected chi connectivity index (χ3v) is 5.95. The number of nitrogens with two attached hydrogens (primary N) is 1. The fraction of sp³-hybridized carbons (Fsp3) is 1.00. The van der Waals surface area contributed by atoms with E-state index in [0.717, 1.165) is 18.4 Å². The smallest absolute Gasteiger partial charge is 0.0335 e. The Labute approximate surface area is 132 Å². The average Bonchev–Trinajstić information content (AvgIpc) is 2.46. The zero-order valence-corrected chi connectivity index (χ0v) is 14.8. The molecular formula is C18H37N3. The maximum atomic E-state index is 6.32. The van der Waals surface area contributed by atoms with Crippen LogP contribution in [0.4, 0.5) is 0 Å². The van der Waals surface area contributed by atoms with Crippen molar-refractivity contribution in [2.45, 2.75) is 71.4 Å². The van der Waals surface area contributed by atoms with Gasteiger partial charge in [-0.05, 0) is 44.6 Å². The second kappa shape index (κ2) is 7.43. The molecule has 0 spiro atoms. The van der Waals surface area contributed by atoms with Crippen LogP contribution in [0.15, 0.2) is 0 Å². The van der Waals surface area contributed by atoms with Crippen LogP contribution < -0.4 is 5.73 Å². The molecule has 3 unspecified atom stereocenters. The lowest BCUT2D eigenvalue weighted by Crippen LogP contribution is -2.63. The van der Waals surface area contributed by atoms with Crippen LogP contribution in [0, 0.1) is 11.8 Å². The van der Waals surface area contributed by atoms with Crippen molar-refractivity contribution in [3.63, 3.8) is 0 Å². The van der Waals surface area contributed by atoms with Crippen molar-refractivity contribution < 1.29 is 0 Å². The molecule has 124 valence electrons. The number of nitrogens with zero attached hydrogens (tertiary/aromatic N) is 2. The first-order valence-corrected chi connectivity index (χ1v) is 9.20. The molecule has 1 heterocycles. The highest BCUT2D eigenvalue weighted by Crippen LogP contribution is 2.39. The van der Waals surface area contributed by atoms with Gasteiger partial charge in [-0.3, -0.25) is 9.80 Å². The molecule has 2 N–H and O–H groups in total. The zero-order chi connectivity index (χ0) is 15.5. The molecule has 21 heavy (non-hydrogen) atoms. The van der Waals surface area contributed by atoms with Crippen molar-refractivity contribution in [2.75, 3.05) is 32.7 Å². The predicted molar refractivity (Wildman–Crippen MR) is 91.5 cm³/mol. The normalized spacial score (nSPS) is 36.3. The van der Waals surface area contributed by atoms with Crippen LogP contribution >= 0.6 is 0 Å². The van der Waals surface area contributed by atoms with E-state index >= 15 is 0 Å². The van der Waals surface area contributed by atoms with E-state index in [1.54, 1.807) is 0 Å². The molecule has 0 bridgehead atoms. The number of rotatable bonds is 5. The number of hydrogen-bond donors (Lipinski definition) is 1. The van der Waals surface area contributed by atoms with E-state index in [1.807, 2.05) is 0 Å². The van der Waals surface area contributed by atoms with E-state index < -0.39 is 0 Å². The fourth-order valence-electron chi connectivity index (χ4n) is 4.83. The second-order valence-electron chi connectivity index (χ2n) is 7.94. The molecule has 2 fully saturated rings. The third-order valence-electron chi connectivity index (χ3n) is 5.95. The molecule has 0 radical (unpaired) electrons. The van der Waals surface area contributed by atoms with Crippen LogP contribution in [-0.4, -0.2) is 54.1 Å². The quantitative estimate of drug-likeness (QED) is 0.846. The van der Waals surface area contributed by atoms with Crippen LogP contribution in [0.5, 0.6) is 0 Å². The van der Waals surface area contributed by atoms with Gasteiger partial charge >= 0.3 is 0 Å². The van der Waals surface area contributed by atoms with E-state index in [4.69, 9.17) is 5.73 Å². The van der Waals surface area contributed by atoms with Gasteiger partial charge in [0.05, 0.1) is 0 Å². The molecule has 3 atom stereocenters. The van der Waals surface area contributed by atoms with E-state index in [9.17, 15) is 0 Å². The highest BCUT2D eigenvalue weighted by molar-refractivity contribution is 4.99. The summed E-state index contributed by atoms with van der Waals surface area (Å²) >= 11 is 0. The zero-order valence-electron chi connectivity index (χ0n) is 14.8. The Morgan fingerprint density at radius 3 is 2.62 bits per heavy atom. The van der Waals surface area contributed by atoms with E-state index in [-0.39, 0.29) is 0 Å². The summed E-state index contributed by atoms with van der Waals surface area (Å²) in [6.07, 6.45) is 6.82. The summed E-state index contributed by atoms with van der Waals surface area (Å²) in [6, 6.07) is 0.678. The highest BCUT2D eigenvalue weighted by Gasteiger charge is 2.42. The maximum Gasteiger partial charge on any atom is 0.0335 e. The van der Waals surface area contributed by atoms with E-state index in [0.29, 0.717) is 11.6 Å². The molecule has 0 aromatic carbocycles. The Morgan fingerprint density at radius 2 is 2.05 bits per heavy atom. The first-order valence-electron chi connectivity index (χ1n) is 9.20. The molecule has 0 aromatic heterocycles. The number of piperazine rings is 1. The molecule has 0 amide bonds. The van der Waals surface area contributed by atoms with Crippen LogP contribution in [-0.2, 0) is 0 Å². The van der Waals surface area contributed by atoms with Crippen molar-refractivity contribution in [3.8, 4) is 0 Å². The lowest BCUT2D eigenvalue weighted by Gasteiger charge is -2.53. The van der Waals surface area contributed by atoms with Crippen LogP contribution in [0.1, 0.15) is 59.8 Å². The monoisotopic (exact) mass is 295 g/mol. The minimum atomic E-state index is 0.298. The Hall–Kier alpha value is -0.120. The molecule has 2 aliphatic rings. The van der Waals surface area contributed by atoms with Gasteiger partial charge in [0.15, 0.2) is 0 Å². The van der Waals surface area contributed by atoms with Crippen molar-refractivity contribution in [1.82, 2.24) is 9.80 Å². The summed E-state index contributed by atoms with van der Waals surface area (Å²) in [4.78, 5) is 5.37. The minimum Gasteiger partial charge on any atom is -0.329 e. The molecule has 3 nitrogen and oxygen atoms in total. The predicted octanol–water partition coefficient (Wildman–Crippen LogP) is 2.95. The van der Waals surface area contributed by atoms with Crippen LogP contribution in [0.3, 0.4) is 0 Å². The van der Waals surface area contributed by atoms with Crippen molar-refractivity contribution in [2.24, 2.45) is 17.6 Å². The Bertz CT molecular complexity index is 318. The largest absolute Gasteiger partial charge is 0.329 e. The van der Waals surface area contributed by atoms with Gasteiger partial charge in [-0.25, -0.2) is 0 Å². The highest BCUT2D eigenvalue weighted by atomic mass is 15.3. The van der Waals surface area contributed by atoms with Gasteiger partial charge in [-0.15, -0.1) is 0 Å². The van der Waals surface area contributed by atoms with E-state index in [2.05, 4.69) is 37.5 Å². The van der Waals surface area contributed by atoms with Gasteiger partial charge < -0.3 is 5.73 Å². The molecule has 1 aliphatic heterocycles. The lowest BCUT2D eigenvalue weighted by molar-refractivity contribution is -0.0222. The SMILES string of the molecule is CCN1CCN(C2(CN)CCCC(CC(C)C)C2)CC1C. The summed E-state index contributed by atoms with van der Waals surface area (Å²) in [5.41, 5.74) is 6.62. The van der Waals surface area contributed by atoms with Crippen LogP contribution in [0.25, 0.3) is 0 Å². The third kappa shape index (κ3) is 4.00. The molecule has 1 saturated heterocycles. The van der Waals surface area contributed by atoms with Gasteiger partial charge in [0.25, 0.3) is 0 Å². The molecular weight excluding hydrogens is 258 g/mol. The molecule has 1 aliphatic carbocycles. The number of likely N-dealkylation sites (N-methyl/N-ethyl adjacent to an activating group) is 1. The molecule has 0 aromatic rings. The van der Waals surface area contributed by atoms with Crippen LogP contribution in [0.2, 0.25) is 0 Å². The fourth-order valence-corrected chi connectivity index (χ4v) is 4.83. The van der Waals surface area contributed by atoms with Gasteiger partial charge in [-0.1, -0.05) is 33.6 Å². The van der Waals surface area contributed by atoms with Crippen molar-refractivity contribution >= 4 is 0 Å². The first kappa shape index (κ1) is 17.2. The average molecular weight is 296 g/mol. The lowest BCUT2D eigenvalue weighted by atomic mass is 9.72. The topological polar surface area (TPSA) is 32.5 Å². The van der Waals surface area contributed by atoms with Gasteiger partial charge in [-0.2, -0.15) is 0 Å².